The first-order valence-electron chi connectivity index (χ1n) is 5.88. The molecule has 1 amide bonds. The van der Waals surface area contributed by atoms with Gasteiger partial charge in [-0.2, -0.15) is 0 Å². The second kappa shape index (κ2) is 5.72. The van der Waals surface area contributed by atoms with Crippen LogP contribution in [0.15, 0.2) is 18.2 Å². The fourth-order valence-corrected chi connectivity index (χ4v) is 3.76. The van der Waals surface area contributed by atoms with Crippen LogP contribution in [0.3, 0.4) is 0 Å². The van der Waals surface area contributed by atoms with Crippen molar-refractivity contribution in [3.63, 3.8) is 0 Å². The third kappa shape index (κ3) is 2.63. The molecule has 1 aliphatic rings. The molecule has 98 valence electrons. The number of hydrogen-bond acceptors (Lipinski definition) is 2. The molecule has 1 heterocycles. The summed E-state index contributed by atoms with van der Waals surface area (Å²) in [4.78, 5) is 14.1. The summed E-state index contributed by atoms with van der Waals surface area (Å²) in [5.74, 6) is 1.11. The molecule has 0 aliphatic carbocycles. The van der Waals surface area contributed by atoms with E-state index in [9.17, 15) is 4.79 Å². The van der Waals surface area contributed by atoms with E-state index in [0.29, 0.717) is 10.0 Å². The summed E-state index contributed by atoms with van der Waals surface area (Å²) in [7, 11) is 0. The molecular formula is C13H15Cl2NOS. The van der Waals surface area contributed by atoms with Crippen LogP contribution in [0, 0.1) is 5.92 Å². The van der Waals surface area contributed by atoms with Crippen molar-refractivity contribution in [1.29, 1.82) is 0 Å². The van der Waals surface area contributed by atoms with Gasteiger partial charge < -0.3 is 4.90 Å². The molecule has 0 N–H and O–H groups in total. The van der Waals surface area contributed by atoms with E-state index >= 15 is 0 Å². The summed E-state index contributed by atoms with van der Waals surface area (Å²) in [5.41, 5.74) is 0.931. The van der Waals surface area contributed by atoms with E-state index in [0.717, 1.165) is 17.9 Å². The molecule has 1 fully saturated rings. The van der Waals surface area contributed by atoms with E-state index in [1.807, 2.05) is 30.9 Å². The van der Waals surface area contributed by atoms with Gasteiger partial charge in [-0.1, -0.05) is 49.2 Å². The van der Waals surface area contributed by atoms with E-state index in [4.69, 9.17) is 23.2 Å². The number of hydrogen-bond donors (Lipinski definition) is 0. The Labute approximate surface area is 122 Å². The van der Waals surface area contributed by atoms with Gasteiger partial charge in [-0.25, -0.2) is 0 Å². The lowest BCUT2D eigenvalue weighted by atomic mass is 10.1. The molecule has 2 nitrogen and oxygen atoms in total. The van der Waals surface area contributed by atoms with Crippen LogP contribution >= 0.6 is 35.0 Å². The molecule has 2 rings (SSSR count). The molecule has 0 bridgehead atoms. The highest BCUT2D eigenvalue weighted by Gasteiger charge is 2.33. The number of thioether (sulfide) groups is 1. The normalized spacial score (nSPS) is 19.6. The van der Waals surface area contributed by atoms with Crippen LogP contribution in [-0.2, 0) is 4.79 Å². The number of nitrogens with zero attached hydrogens (tertiary/aromatic N) is 1. The number of benzene rings is 1. The third-order valence-electron chi connectivity index (χ3n) is 2.92. The molecule has 1 unspecified atom stereocenters. The monoisotopic (exact) mass is 303 g/mol. The van der Waals surface area contributed by atoms with Crippen LogP contribution in [0.4, 0.5) is 0 Å². The van der Waals surface area contributed by atoms with E-state index < -0.39 is 0 Å². The topological polar surface area (TPSA) is 20.3 Å². The quantitative estimate of drug-likeness (QED) is 0.815. The van der Waals surface area contributed by atoms with Crippen LogP contribution in [-0.4, -0.2) is 23.1 Å². The minimum Gasteiger partial charge on any atom is -0.325 e. The third-order valence-corrected chi connectivity index (χ3v) is 4.99. The molecule has 0 radical (unpaired) electrons. The number of halogens is 2. The molecule has 1 saturated heterocycles. The van der Waals surface area contributed by atoms with Gasteiger partial charge in [0.25, 0.3) is 0 Å². The van der Waals surface area contributed by atoms with E-state index in [1.165, 1.54) is 0 Å². The zero-order chi connectivity index (χ0) is 13.3. The molecule has 1 aliphatic heterocycles. The van der Waals surface area contributed by atoms with Gasteiger partial charge in [-0.15, -0.1) is 11.8 Å². The average molecular weight is 304 g/mol. The lowest BCUT2D eigenvalue weighted by Crippen LogP contribution is -2.33. The Bertz CT molecular complexity index is 464. The zero-order valence-electron chi connectivity index (χ0n) is 10.3. The molecule has 0 aromatic heterocycles. The minimum absolute atomic E-state index is 0.00385. The van der Waals surface area contributed by atoms with Crippen molar-refractivity contribution in [2.45, 2.75) is 19.2 Å². The van der Waals surface area contributed by atoms with Gasteiger partial charge >= 0.3 is 0 Å². The van der Waals surface area contributed by atoms with Crippen molar-refractivity contribution in [2.75, 3.05) is 12.3 Å². The van der Waals surface area contributed by atoms with Gasteiger partial charge in [0.15, 0.2) is 0 Å². The van der Waals surface area contributed by atoms with Crippen LogP contribution in [0.2, 0.25) is 10.0 Å². The molecule has 5 heteroatoms. The largest absolute Gasteiger partial charge is 0.325 e. The molecule has 1 aromatic carbocycles. The number of rotatable bonds is 2. The summed E-state index contributed by atoms with van der Waals surface area (Å²) < 4.78 is 0. The predicted molar refractivity (Wildman–Crippen MR) is 78.2 cm³/mol. The van der Waals surface area contributed by atoms with Crippen molar-refractivity contribution in [2.24, 2.45) is 5.92 Å². The summed E-state index contributed by atoms with van der Waals surface area (Å²) >= 11 is 14.0. The zero-order valence-corrected chi connectivity index (χ0v) is 12.6. The highest BCUT2D eigenvalue weighted by atomic mass is 35.5. The van der Waals surface area contributed by atoms with E-state index in [2.05, 4.69) is 0 Å². The molecule has 18 heavy (non-hydrogen) atoms. The van der Waals surface area contributed by atoms with Gasteiger partial charge in [-0.3, -0.25) is 4.79 Å². The Balaban J connectivity index is 2.32. The van der Waals surface area contributed by atoms with Crippen LogP contribution in [0.1, 0.15) is 24.8 Å². The van der Waals surface area contributed by atoms with Crippen molar-refractivity contribution in [1.82, 2.24) is 4.90 Å². The first-order valence-corrected chi connectivity index (χ1v) is 7.69. The first kappa shape index (κ1) is 14.0. The fraction of sp³-hybridized carbons (Fsp3) is 0.462. The van der Waals surface area contributed by atoms with Crippen LogP contribution in [0.25, 0.3) is 0 Å². The van der Waals surface area contributed by atoms with E-state index in [1.54, 1.807) is 17.8 Å². The summed E-state index contributed by atoms with van der Waals surface area (Å²) in [6.45, 7) is 4.61. The van der Waals surface area contributed by atoms with Gasteiger partial charge in [-0.05, 0) is 6.07 Å². The molecule has 1 aromatic rings. The van der Waals surface area contributed by atoms with Crippen molar-refractivity contribution >= 4 is 40.9 Å². The maximum absolute atomic E-state index is 12.2. The second-order valence-electron chi connectivity index (χ2n) is 4.55. The van der Waals surface area contributed by atoms with Crippen molar-refractivity contribution in [3.8, 4) is 0 Å². The Morgan fingerprint density at radius 1 is 1.44 bits per heavy atom. The fourth-order valence-electron chi connectivity index (χ4n) is 2.00. The van der Waals surface area contributed by atoms with Gasteiger partial charge in [0.05, 0.1) is 10.0 Å². The maximum Gasteiger partial charge on any atom is 0.226 e. The Kier molecular flexibility index (Phi) is 4.46. The van der Waals surface area contributed by atoms with Crippen LogP contribution < -0.4 is 0 Å². The SMILES string of the molecule is CC(C)C(=O)N1CCSC1c1cccc(Cl)c1Cl. The summed E-state index contributed by atoms with van der Waals surface area (Å²) in [5, 5.41) is 1.09. The highest BCUT2D eigenvalue weighted by molar-refractivity contribution is 7.99. The maximum atomic E-state index is 12.2. The molecular weight excluding hydrogens is 289 g/mol. The standard InChI is InChI=1S/C13H15Cl2NOS/c1-8(2)12(17)16-6-7-18-13(16)9-4-3-5-10(14)11(9)15/h3-5,8,13H,6-7H2,1-2H3. The lowest BCUT2D eigenvalue weighted by molar-refractivity contribution is -0.134. The number of carbonyl (C=O) groups excluding carboxylic acids is 1. The highest BCUT2D eigenvalue weighted by Crippen LogP contribution is 2.43. The Morgan fingerprint density at radius 2 is 2.17 bits per heavy atom. The number of carbonyl (C=O) groups is 1. The van der Waals surface area contributed by atoms with E-state index in [-0.39, 0.29) is 17.2 Å². The minimum atomic E-state index is -0.00824. The van der Waals surface area contributed by atoms with Gasteiger partial charge in [0.2, 0.25) is 5.91 Å². The van der Waals surface area contributed by atoms with Crippen molar-refractivity contribution in [3.05, 3.63) is 33.8 Å². The summed E-state index contributed by atoms with van der Waals surface area (Å²) in [6.07, 6.45) is 0. The van der Waals surface area contributed by atoms with Gasteiger partial charge in [0, 0.05) is 23.8 Å². The Hall–Kier alpha value is -0.380. The predicted octanol–water partition coefficient (Wildman–Crippen LogP) is 4.22. The van der Waals surface area contributed by atoms with Gasteiger partial charge in [0.1, 0.15) is 5.37 Å². The summed E-state index contributed by atoms with van der Waals surface area (Å²) in [6, 6.07) is 5.58. The first-order chi connectivity index (χ1) is 8.52. The molecule has 1 atom stereocenters. The Morgan fingerprint density at radius 3 is 2.83 bits per heavy atom. The van der Waals surface area contributed by atoms with Crippen molar-refractivity contribution < 1.29 is 4.79 Å². The molecule has 0 saturated carbocycles. The number of amides is 1. The average Bonchev–Trinajstić information content (AvgIpc) is 2.80. The lowest BCUT2D eigenvalue weighted by Gasteiger charge is -2.26. The molecule has 0 spiro atoms. The smallest absolute Gasteiger partial charge is 0.226 e. The second-order valence-corrected chi connectivity index (χ2v) is 6.53. The van der Waals surface area contributed by atoms with Crippen LogP contribution in [0.5, 0.6) is 0 Å².